The first-order valence-corrected chi connectivity index (χ1v) is 13.6. The number of hydrogen-bond donors (Lipinski definition) is 2. The Morgan fingerprint density at radius 3 is 2.44 bits per heavy atom. The number of benzene rings is 1. The van der Waals surface area contributed by atoms with Gasteiger partial charge in [-0.15, -0.1) is 0 Å². The molecule has 1 aromatic carbocycles. The van der Waals surface area contributed by atoms with Crippen molar-refractivity contribution in [2.24, 2.45) is 0 Å². The maximum atomic E-state index is 12.5. The molecule has 36 heavy (non-hydrogen) atoms. The highest BCUT2D eigenvalue weighted by Gasteiger charge is 2.25. The number of pyridine rings is 1. The first kappa shape index (κ1) is 25.0. The van der Waals surface area contributed by atoms with E-state index in [-0.39, 0.29) is 11.9 Å². The van der Waals surface area contributed by atoms with Crippen LogP contribution in [-0.2, 0) is 9.53 Å². The molecule has 0 radical (unpaired) electrons. The maximum absolute atomic E-state index is 12.5. The number of piperidine rings is 1. The third-order valence-electron chi connectivity index (χ3n) is 7.82. The summed E-state index contributed by atoms with van der Waals surface area (Å²) < 4.78 is 5.40. The van der Waals surface area contributed by atoms with Crippen molar-refractivity contribution >= 4 is 16.8 Å². The van der Waals surface area contributed by atoms with Gasteiger partial charge < -0.3 is 15.0 Å². The van der Waals surface area contributed by atoms with Crippen molar-refractivity contribution in [2.75, 3.05) is 32.8 Å². The number of H-pyrrole nitrogens is 1. The number of nitrogens with zero attached hydrogens (tertiary/aromatic N) is 2. The van der Waals surface area contributed by atoms with E-state index in [1.165, 1.54) is 33.3 Å². The number of aryl methyl sites for hydroxylation is 2. The fourth-order valence-electron chi connectivity index (χ4n) is 6.03. The van der Waals surface area contributed by atoms with Crippen molar-refractivity contribution in [3.8, 4) is 11.3 Å². The molecular weight excluding hydrogens is 448 g/mol. The topological polar surface area (TPSA) is 70.2 Å². The molecule has 0 atom stereocenters. The van der Waals surface area contributed by atoms with E-state index in [0.717, 1.165) is 63.4 Å². The molecule has 192 valence electrons. The fraction of sp³-hybridized carbons (Fsp3) is 0.533. The minimum absolute atomic E-state index is 0.157. The lowest BCUT2D eigenvalue weighted by Crippen LogP contribution is -2.45. The molecule has 6 heteroatoms. The number of aromatic amines is 1. The summed E-state index contributed by atoms with van der Waals surface area (Å²) in [5.74, 6) is 1.10. The van der Waals surface area contributed by atoms with Crippen molar-refractivity contribution in [2.45, 2.75) is 71.3 Å². The fourth-order valence-corrected chi connectivity index (χ4v) is 6.03. The van der Waals surface area contributed by atoms with Gasteiger partial charge in [0.15, 0.2) is 0 Å². The largest absolute Gasteiger partial charge is 0.381 e. The lowest BCUT2D eigenvalue weighted by molar-refractivity contribution is -0.123. The Morgan fingerprint density at radius 1 is 1.08 bits per heavy atom. The normalized spacial score (nSPS) is 18.2. The Kier molecular flexibility index (Phi) is 7.44. The van der Waals surface area contributed by atoms with Crippen LogP contribution in [0.3, 0.4) is 0 Å². The third-order valence-corrected chi connectivity index (χ3v) is 7.82. The Morgan fingerprint density at radius 2 is 1.78 bits per heavy atom. The van der Waals surface area contributed by atoms with E-state index < -0.39 is 0 Å². The van der Waals surface area contributed by atoms with Gasteiger partial charge in [0, 0.05) is 47.1 Å². The zero-order valence-corrected chi connectivity index (χ0v) is 22.2. The molecular formula is C30H40N4O2. The number of amides is 1. The number of ether oxygens (including phenoxy) is 1. The van der Waals surface area contributed by atoms with Crippen LogP contribution in [0.2, 0.25) is 0 Å². The van der Waals surface area contributed by atoms with Crippen LogP contribution in [0.15, 0.2) is 30.3 Å². The van der Waals surface area contributed by atoms with E-state index in [1.54, 1.807) is 0 Å². The van der Waals surface area contributed by atoms with Gasteiger partial charge in [-0.1, -0.05) is 19.9 Å². The summed E-state index contributed by atoms with van der Waals surface area (Å²) in [7, 11) is 0. The quantitative estimate of drug-likeness (QED) is 0.484. The number of hydrogen-bond acceptors (Lipinski definition) is 4. The maximum Gasteiger partial charge on any atom is 0.234 e. The highest BCUT2D eigenvalue weighted by molar-refractivity contribution is 5.92. The molecule has 5 rings (SSSR count). The molecule has 0 aliphatic carbocycles. The molecule has 2 aliphatic rings. The summed E-state index contributed by atoms with van der Waals surface area (Å²) in [5, 5.41) is 4.54. The molecule has 0 saturated carbocycles. The van der Waals surface area contributed by atoms with E-state index in [4.69, 9.17) is 4.74 Å². The van der Waals surface area contributed by atoms with Gasteiger partial charge >= 0.3 is 0 Å². The number of likely N-dealkylation sites (tertiary alicyclic amines) is 1. The van der Waals surface area contributed by atoms with Crippen LogP contribution < -0.4 is 5.32 Å². The van der Waals surface area contributed by atoms with Gasteiger partial charge in [0.25, 0.3) is 0 Å². The number of fused-ring (bicyclic) bond motifs is 1. The lowest BCUT2D eigenvalue weighted by atomic mass is 9.87. The van der Waals surface area contributed by atoms with E-state index in [1.807, 2.05) is 0 Å². The minimum atomic E-state index is 0.157. The van der Waals surface area contributed by atoms with Gasteiger partial charge in [0.1, 0.15) is 0 Å². The summed E-state index contributed by atoms with van der Waals surface area (Å²) >= 11 is 0. The highest BCUT2D eigenvalue weighted by atomic mass is 16.5. The molecule has 4 heterocycles. The van der Waals surface area contributed by atoms with Crippen molar-refractivity contribution in [3.63, 3.8) is 0 Å². The Hall–Kier alpha value is -2.70. The van der Waals surface area contributed by atoms with Crippen LogP contribution in [-0.4, -0.2) is 59.7 Å². The molecule has 2 saturated heterocycles. The zero-order chi connectivity index (χ0) is 25.2. The van der Waals surface area contributed by atoms with Crippen molar-refractivity contribution in [1.82, 2.24) is 20.2 Å². The van der Waals surface area contributed by atoms with E-state index in [2.05, 4.69) is 78.2 Å². The van der Waals surface area contributed by atoms with Crippen molar-refractivity contribution in [3.05, 3.63) is 52.8 Å². The Balaban J connectivity index is 1.29. The SMILES string of the molecule is Cc1cc(-c2[nH]c3ccc(C4CCN(CC(=O)NC5CCOCC5)CC4)cc3c2C(C)C)cc(C)n1. The van der Waals surface area contributed by atoms with Gasteiger partial charge in [-0.2, -0.15) is 0 Å². The summed E-state index contributed by atoms with van der Waals surface area (Å²) in [4.78, 5) is 23.1. The number of carbonyl (C=O) groups excluding carboxylic acids is 1. The molecule has 2 aliphatic heterocycles. The van der Waals surface area contributed by atoms with Crippen LogP contribution >= 0.6 is 0 Å². The Labute approximate surface area is 214 Å². The highest BCUT2D eigenvalue weighted by Crippen LogP contribution is 2.38. The van der Waals surface area contributed by atoms with Gasteiger partial charge in [0.2, 0.25) is 5.91 Å². The van der Waals surface area contributed by atoms with Crippen LogP contribution in [0, 0.1) is 13.8 Å². The first-order valence-electron chi connectivity index (χ1n) is 13.6. The summed E-state index contributed by atoms with van der Waals surface area (Å²) in [6.45, 7) is 12.6. The monoisotopic (exact) mass is 488 g/mol. The van der Waals surface area contributed by atoms with Crippen molar-refractivity contribution < 1.29 is 9.53 Å². The molecule has 2 aromatic heterocycles. The lowest BCUT2D eigenvalue weighted by Gasteiger charge is -2.32. The minimum Gasteiger partial charge on any atom is -0.381 e. The molecule has 3 aromatic rings. The first-order chi connectivity index (χ1) is 17.4. The molecule has 0 bridgehead atoms. The number of nitrogens with one attached hydrogen (secondary N) is 2. The van der Waals surface area contributed by atoms with Crippen LogP contribution in [0.4, 0.5) is 0 Å². The second kappa shape index (κ2) is 10.7. The third kappa shape index (κ3) is 5.50. The van der Waals surface area contributed by atoms with E-state index in [9.17, 15) is 4.79 Å². The summed E-state index contributed by atoms with van der Waals surface area (Å²) in [6, 6.07) is 11.6. The molecule has 2 fully saturated rings. The van der Waals surface area contributed by atoms with Gasteiger partial charge in [-0.3, -0.25) is 14.7 Å². The van der Waals surface area contributed by atoms with Gasteiger partial charge in [-0.05, 0) is 99.8 Å². The Bertz CT molecular complexity index is 1200. The second-order valence-corrected chi connectivity index (χ2v) is 11.0. The van der Waals surface area contributed by atoms with Crippen LogP contribution in [0.5, 0.6) is 0 Å². The van der Waals surface area contributed by atoms with E-state index >= 15 is 0 Å². The van der Waals surface area contributed by atoms with Gasteiger partial charge in [-0.25, -0.2) is 0 Å². The second-order valence-electron chi connectivity index (χ2n) is 11.0. The predicted molar refractivity (Wildman–Crippen MR) is 145 cm³/mol. The smallest absolute Gasteiger partial charge is 0.234 e. The average molecular weight is 489 g/mol. The van der Waals surface area contributed by atoms with Gasteiger partial charge in [0.05, 0.1) is 12.2 Å². The number of rotatable bonds is 6. The number of carbonyl (C=O) groups is 1. The summed E-state index contributed by atoms with van der Waals surface area (Å²) in [5.41, 5.74) is 8.54. The predicted octanol–water partition coefficient (Wildman–Crippen LogP) is 5.44. The number of aromatic nitrogens is 2. The standard InChI is InChI=1S/C30H40N4O2/c1-19(2)29-26-17-23(5-6-27(26)33-30(29)24-15-20(3)31-21(4)16-24)22-7-11-34(12-8-22)18-28(35)32-25-9-13-36-14-10-25/h5-6,15-17,19,22,25,33H,7-14,18H2,1-4H3,(H,32,35). The molecule has 0 unspecified atom stereocenters. The molecule has 1 amide bonds. The van der Waals surface area contributed by atoms with Crippen molar-refractivity contribution in [1.29, 1.82) is 0 Å². The molecule has 0 spiro atoms. The zero-order valence-electron chi connectivity index (χ0n) is 22.2. The van der Waals surface area contributed by atoms with E-state index in [0.29, 0.717) is 18.4 Å². The summed E-state index contributed by atoms with van der Waals surface area (Å²) in [6.07, 6.45) is 4.03. The van der Waals surface area contributed by atoms with Crippen LogP contribution in [0.25, 0.3) is 22.2 Å². The molecule has 2 N–H and O–H groups in total. The average Bonchev–Trinajstić information content (AvgIpc) is 3.24. The van der Waals surface area contributed by atoms with Crippen LogP contribution in [0.1, 0.15) is 73.9 Å². The molecule has 6 nitrogen and oxygen atoms in total.